The summed E-state index contributed by atoms with van der Waals surface area (Å²) in [4.78, 5) is 4.43. The molecule has 0 radical (unpaired) electrons. The van der Waals surface area contributed by atoms with Crippen LogP contribution in [0.2, 0.25) is 0 Å². The molecule has 2 nitrogen and oxygen atoms in total. The number of rotatable bonds is 7. The maximum atomic E-state index is 4.43. The van der Waals surface area contributed by atoms with E-state index in [0.717, 1.165) is 25.4 Å². The maximum Gasteiger partial charge on any atom is 0.0794 e. The number of nitrogens with one attached hydrogen (secondary N) is 1. The van der Waals surface area contributed by atoms with Crippen molar-refractivity contribution in [1.29, 1.82) is 0 Å². The zero-order valence-corrected chi connectivity index (χ0v) is 11.1. The zero-order valence-electron chi connectivity index (χ0n) is 10.3. The Morgan fingerprint density at radius 3 is 2.94 bits per heavy atom. The number of nitrogens with zero attached hydrogens (tertiary/aromatic N) is 1. The Kier molecular flexibility index (Phi) is 3.98. The molecule has 0 spiro atoms. The summed E-state index contributed by atoms with van der Waals surface area (Å²) >= 11 is 1.71. The zero-order chi connectivity index (χ0) is 11.4. The highest BCUT2D eigenvalue weighted by molar-refractivity contribution is 7.07. The van der Waals surface area contributed by atoms with Crippen LogP contribution >= 0.6 is 11.3 Å². The normalized spacial score (nSPS) is 19.6. The summed E-state index contributed by atoms with van der Waals surface area (Å²) in [5.41, 5.74) is 3.64. The van der Waals surface area contributed by atoms with Crippen molar-refractivity contribution < 1.29 is 0 Å². The molecule has 1 saturated carbocycles. The van der Waals surface area contributed by atoms with Crippen LogP contribution in [0.25, 0.3) is 0 Å². The van der Waals surface area contributed by atoms with E-state index < -0.39 is 0 Å². The second kappa shape index (κ2) is 5.28. The van der Waals surface area contributed by atoms with Gasteiger partial charge in [0.15, 0.2) is 0 Å². The van der Waals surface area contributed by atoms with Gasteiger partial charge in [0.05, 0.1) is 11.2 Å². The lowest BCUT2D eigenvalue weighted by Gasteiger charge is -2.29. The molecule has 16 heavy (non-hydrogen) atoms. The Hall–Kier alpha value is -0.410. The van der Waals surface area contributed by atoms with E-state index >= 15 is 0 Å². The second-order valence-electron chi connectivity index (χ2n) is 5.26. The van der Waals surface area contributed by atoms with Gasteiger partial charge in [0.25, 0.3) is 0 Å². The maximum absolute atomic E-state index is 4.43. The molecular weight excluding hydrogens is 216 g/mol. The number of aromatic nitrogens is 1. The highest BCUT2D eigenvalue weighted by atomic mass is 32.1. The van der Waals surface area contributed by atoms with Crippen molar-refractivity contribution >= 4 is 11.3 Å². The number of hydrogen-bond donors (Lipinski definition) is 1. The van der Waals surface area contributed by atoms with E-state index in [1.165, 1.54) is 25.0 Å². The predicted octanol–water partition coefficient (Wildman–Crippen LogP) is 3.10. The SMILES string of the molecule is CCCNCC(C)(Cc1cscn1)C1CC1. The molecule has 3 heteroatoms. The van der Waals surface area contributed by atoms with Crippen LogP contribution in [0.1, 0.15) is 38.8 Å². The molecule has 0 amide bonds. The van der Waals surface area contributed by atoms with Gasteiger partial charge in [-0.05, 0) is 43.6 Å². The van der Waals surface area contributed by atoms with Crippen molar-refractivity contribution in [2.45, 2.75) is 39.5 Å². The topological polar surface area (TPSA) is 24.9 Å². The smallest absolute Gasteiger partial charge is 0.0794 e. The summed E-state index contributed by atoms with van der Waals surface area (Å²) < 4.78 is 0. The van der Waals surface area contributed by atoms with Crippen LogP contribution in [0.5, 0.6) is 0 Å². The van der Waals surface area contributed by atoms with Crippen LogP contribution in [0, 0.1) is 11.3 Å². The fourth-order valence-electron chi connectivity index (χ4n) is 2.42. The Morgan fingerprint density at radius 1 is 1.56 bits per heavy atom. The third-order valence-corrected chi connectivity index (χ3v) is 4.22. The van der Waals surface area contributed by atoms with Gasteiger partial charge in [0.1, 0.15) is 0 Å². The molecule has 1 N–H and O–H groups in total. The molecule has 1 aliphatic rings. The van der Waals surface area contributed by atoms with E-state index in [-0.39, 0.29) is 0 Å². The fraction of sp³-hybridized carbons (Fsp3) is 0.769. The van der Waals surface area contributed by atoms with E-state index in [0.29, 0.717) is 5.41 Å². The van der Waals surface area contributed by atoms with Gasteiger partial charge >= 0.3 is 0 Å². The van der Waals surface area contributed by atoms with Gasteiger partial charge in [-0.15, -0.1) is 11.3 Å². The van der Waals surface area contributed by atoms with Gasteiger partial charge < -0.3 is 5.32 Å². The van der Waals surface area contributed by atoms with Gasteiger partial charge in [-0.3, -0.25) is 0 Å². The standard InChI is InChI=1S/C13H22N2S/c1-3-6-14-9-13(2,11-4-5-11)7-12-8-16-10-15-12/h8,10-11,14H,3-7,9H2,1-2H3. The molecule has 1 fully saturated rings. The molecule has 1 unspecified atom stereocenters. The van der Waals surface area contributed by atoms with E-state index in [4.69, 9.17) is 0 Å². The van der Waals surface area contributed by atoms with Crippen LogP contribution in [-0.4, -0.2) is 18.1 Å². The van der Waals surface area contributed by atoms with Crippen molar-refractivity contribution in [1.82, 2.24) is 10.3 Å². The molecule has 1 aliphatic carbocycles. The van der Waals surface area contributed by atoms with Gasteiger partial charge in [-0.1, -0.05) is 13.8 Å². The lowest BCUT2D eigenvalue weighted by molar-refractivity contribution is 0.254. The summed E-state index contributed by atoms with van der Waals surface area (Å²) in [7, 11) is 0. The Labute approximate surface area is 102 Å². The molecule has 0 aliphatic heterocycles. The fourth-order valence-corrected chi connectivity index (χ4v) is 2.98. The minimum atomic E-state index is 0.420. The lowest BCUT2D eigenvalue weighted by atomic mass is 9.80. The molecule has 0 saturated heterocycles. The minimum absolute atomic E-state index is 0.420. The van der Waals surface area contributed by atoms with Gasteiger partial charge in [-0.2, -0.15) is 0 Å². The van der Waals surface area contributed by atoms with E-state index in [9.17, 15) is 0 Å². The minimum Gasteiger partial charge on any atom is -0.316 e. The van der Waals surface area contributed by atoms with Crippen LogP contribution in [0.4, 0.5) is 0 Å². The molecule has 2 rings (SSSR count). The lowest BCUT2D eigenvalue weighted by Crippen LogP contribution is -2.36. The summed E-state index contributed by atoms with van der Waals surface area (Å²) in [6, 6.07) is 0. The monoisotopic (exact) mass is 238 g/mol. The summed E-state index contributed by atoms with van der Waals surface area (Å²) in [5.74, 6) is 0.915. The first-order valence-electron chi connectivity index (χ1n) is 6.32. The first kappa shape index (κ1) is 12.1. The largest absolute Gasteiger partial charge is 0.316 e. The summed E-state index contributed by atoms with van der Waals surface area (Å²) in [5, 5.41) is 5.78. The molecule has 0 bridgehead atoms. The Bertz CT molecular complexity index is 306. The summed E-state index contributed by atoms with van der Waals surface area (Å²) in [6.45, 7) is 6.93. The Balaban J connectivity index is 1.92. The molecule has 1 heterocycles. The van der Waals surface area contributed by atoms with E-state index in [2.05, 4.69) is 29.5 Å². The number of hydrogen-bond acceptors (Lipinski definition) is 3. The second-order valence-corrected chi connectivity index (χ2v) is 5.98. The van der Waals surface area contributed by atoms with E-state index in [1.807, 2.05) is 5.51 Å². The van der Waals surface area contributed by atoms with Crippen LogP contribution in [-0.2, 0) is 6.42 Å². The van der Waals surface area contributed by atoms with Gasteiger partial charge in [0, 0.05) is 11.9 Å². The van der Waals surface area contributed by atoms with Crippen molar-refractivity contribution in [3.05, 3.63) is 16.6 Å². The predicted molar refractivity (Wildman–Crippen MR) is 69.8 cm³/mol. The van der Waals surface area contributed by atoms with Gasteiger partial charge in [0.2, 0.25) is 0 Å². The molecule has 1 aromatic rings. The van der Waals surface area contributed by atoms with Crippen LogP contribution in [0.15, 0.2) is 10.9 Å². The third-order valence-electron chi connectivity index (χ3n) is 3.59. The van der Waals surface area contributed by atoms with Crippen molar-refractivity contribution in [3.63, 3.8) is 0 Å². The number of thiazole rings is 1. The van der Waals surface area contributed by atoms with Crippen LogP contribution in [0.3, 0.4) is 0 Å². The highest BCUT2D eigenvalue weighted by Gasteiger charge is 2.41. The average Bonchev–Trinajstić information content (AvgIpc) is 3.01. The highest BCUT2D eigenvalue weighted by Crippen LogP contribution is 2.46. The van der Waals surface area contributed by atoms with E-state index in [1.54, 1.807) is 11.3 Å². The van der Waals surface area contributed by atoms with Crippen LogP contribution < -0.4 is 5.32 Å². The molecular formula is C13H22N2S. The molecule has 1 aromatic heterocycles. The van der Waals surface area contributed by atoms with Crippen molar-refractivity contribution in [2.75, 3.05) is 13.1 Å². The van der Waals surface area contributed by atoms with Crippen molar-refractivity contribution in [3.8, 4) is 0 Å². The third kappa shape index (κ3) is 3.05. The molecule has 90 valence electrons. The summed E-state index contributed by atoms with van der Waals surface area (Å²) in [6.07, 6.45) is 5.18. The first-order chi connectivity index (χ1) is 7.74. The van der Waals surface area contributed by atoms with Crippen molar-refractivity contribution in [2.24, 2.45) is 11.3 Å². The molecule has 0 aromatic carbocycles. The molecule has 1 atom stereocenters. The first-order valence-corrected chi connectivity index (χ1v) is 7.26. The Morgan fingerprint density at radius 2 is 2.38 bits per heavy atom. The van der Waals surface area contributed by atoms with Gasteiger partial charge in [-0.25, -0.2) is 4.98 Å². The average molecular weight is 238 g/mol. The quantitative estimate of drug-likeness (QED) is 0.738.